The van der Waals surface area contributed by atoms with Crippen LogP contribution in [0.5, 0.6) is 0 Å². The number of fused-ring (bicyclic) bond motifs is 2. The van der Waals surface area contributed by atoms with E-state index >= 15 is 0 Å². The number of nitrogens with zero attached hydrogens (tertiary/aromatic N) is 4. The maximum absolute atomic E-state index is 13.3. The smallest absolute Gasteiger partial charge is 0.267 e. The molecule has 2 aliphatic heterocycles. The number of methoxy groups -OCH3 is 1. The van der Waals surface area contributed by atoms with Crippen molar-refractivity contribution in [3.63, 3.8) is 0 Å². The normalized spacial score (nSPS) is 24.2. The van der Waals surface area contributed by atoms with Gasteiger partial charge in [0.05, 0.1) is 12.3 Å². The lowest BCUT2D eigenvalue weighted by Crippen LogP contribution is -2.52. The molecule has 172 valence electrons. The van der Waals surface area contributed by atoms with Crippen LogP contribution < -0.4 is 5.56 Å². The average molecular weight is 431 g/mol. The van der Waals surface area contributed by atoms with E-state index in [-0.39, 0.29) is 18.0 Å². The van der Waals surface area contributed by atoms with Gasteiger partial charge in [-0.1, -0.05) is 12.8 Å². The Morgan fingerprint density at radius 3 is 2.84 bits per heavy atom. The molecule has 1 aromatic rings. The molecule has 2 atom stereocenters. The molecular weight excluding hydrogens is 392 g/mol. The number of rotatable bonds is 7. The van der Waals surface area contributed by atoms with E-state index in [1.807, 2.05) is 4.90 Å². The first-order chi connectivity index (χ1) is 15.2. The molecule has 0 spiro atoms. The summed E-state index contributed by atoms with van der Waals surface area (Å²) in [7, 11) is 1.67. The first kappa shape index (κ1) is 22.5. The van der Waals surface area contributed by atoms with Crippen molar-refractivity contribution in [1.82, 2.24) is 19.6 Å². The van der Waals surface area contributed by atoms with E-state index in [1.54, 1.807) is 13.2 Å². The lowest BCUT2D eigenvalue weighted by atomic mass is 9.83. The van der Waals surface area contributed by atoms with E-state index in [9.17, 15) is 9.59 Å². The molecule has 7 nitrogen and oxygen atoms in total. The van der Waals surface area contributed by atoms with Crippen molar-refractivity contribution in [3.8, 4) is 0 Å². The molecule has 0 saturated carbocycles. The molecule has 2 fully saturated rings. The average Bonchev–Trinajstić information content (AvgIpc) is 3.01. The molecule has 1 amide bonds. The van der Waals surface area contributed by atoms with Gasteiger partial charge >= 0.3 is 0 Å². The zero-order valence-electron chi connectivity index (χ0n) is 19.1. The van der Waals surface area contributed by atoms with Gasteiger partial charge in [0.2, 0.25) is 5.91 Å². The molecule has 0 radical (unpaired) electrons. The number of amides is 1. The van der Waals surface area contributed by atoms with Gasteiger partial charge in [-0.3, -0.25) is 9.59 Å². The van der Waals surface area contributed by atoms with E-state index in [4.69, 9.17) is 4.74 Å². The first-order valence-electron chi connectivity index (χ1n) is 12.3. The van der Waals surface area contributed by atoms with Gasteiger partial charge < -0.3 is 14.5 Å². The van der Waals surface area contributed by atoms with Crippen LogP contribution in [0.4, 0.5) is 0 Å². The molecule has 3 aliphatic rings. The van der Waals surface area contributed by atoms with E-state index in [2.05, 4.69) is 10.00 Å². The maximum atomic E-state index is 13.3. The molecule has 3 heterocycles. The molecule has 2 saturated heterocycles. The number of aryl methyl sites for hydroxylation is 2. The summed E-state index contributed by atoms with van der Waals surface area (Å²) in [6.07, 6.45) is 11.4. The largest absolute Gasteiger partial charge is 0.383 e. The zero-order valence-corrected chi connectivity index (χ0v) is 19.1. The van der Waals surface area contributed by atoms with Crippen molar-refractivity contribution < 1.29 is 9.53 Å². The fourth-order valence-electron chi connectivity index (χ4n) is 5.71. The minimum atomic E-state index is -0.156. The van der Waals surface area contributed by atoms with Gasteiger partial charge in [0.15, 0.2) is 0 Å². The molecule has 31 heavy (non-hydrogen) atoms. The second-order valence-corrected chi connectivity index (χ2v) is 9.51. The summed E-state index contributed by atoms with van der Waals surface area (Å²) in [5.74, 6) is 0.486. The van der Waals surface area contributed by atoms with E-state index in [0.29, 0.717) is 25.1 Å². The first-order valence-corrected chi connectivity index (χ1v) is 12.3. The van der Waals surface area contributed by atoms with E-state index < -0.39 is 0 Å². The molecule has 1 aliphatic carbocycles. The summed E-state index contributed by atoms with van der Waals surface area (Å²) in [5.41, 5.74) is 1.91. The van der Waals surface area contributed by atoms with Gasteiger partial charge in [0.1, 0.15) is 6.54 Å². The van der Waals surface area contributed by atoms with Crippen LogP contribution in [0.2, 0.25) is 0 Å². The molecule has 0 aromatic carbocycles. The van der Waals surface area contributed by atoms with Crippen molar-refractivity contribution in [1.29, 1.82) is 0 Å². The molecule has 1 aromatic heterocycles. The monoisotopic (exact) mass is 430 g/mol. The number of carbonyl (C=O) groups is 1. The lowest BCUT2D eigenvalue weighted by molar-refractivity contribution is -0.134. The van der Waals surface area contributed by atoms with Gasteiger partial charge in [-0.25, -0.2) is 4.68 Å². The van der Waals surface area contributed by atoms with Crippen molar-refractivity contribution in [2.24, 2.45) is 5.92 Å². The highest BCUT2D eigenvalue weighted by Crippen LogP contribution is 2.31. The third-order valence-corrected chi connectivity index (χ3v) is 7.41. The number of ether oxygens (including phenoxy) is 1. The Bertz CT molecular complexity index is 807. The summed E-state index contributed by atoms with van der Waals surface area (Å²) in [6.45, 7) is 4.25. The van der Waals surface area contributed by atoms with Crippen LogP contribution in [-0.4, -0.2) is 71.4 Å². The highest BCUT2D eigenvalue weighted by atomic mass is 16.5. The van der Waals surface area contributed by atoms with Crippen LogP contribution in [0.3, 0.4) is 0 Å². The predicted octanol–water partition coefficient (Wildman–Crippen LogP) is 2.25. The summed E-state index contributed by atoms with van der Waals surface area (Å²) in [4.78, 5) is 30.5. The second kappa shape index (κ2) is 10.7. The Morgan fingerprint density at radius 2 is 1.97 bits per heavy atom. The Morgan fingerprint density at radius 1 is 1.13 bits per heavy atom. The molecule has 7 heteroatoms. The van der Waals surface area contributed by atoms with Crippen molar-refractivity contribution in [2.45, 2.75) is 76.8 Å². The van der Waals surface area contributed by atoms with Gasteiger partial charge in [-0.15, -0.1) is 0 Å². The van der Waals surface area contributed by atoms with Crippen LogP contribution in [-0.2, 0) is 28.9 Å². The molecule has 4 rings (SSSR count). The standard InChI is InChI=1S/C24H38N4O3/c1-31-15-14-27(17-20-9-7-13-26-12-6-5-11-22(20)26)24(30)18-28-23(29)16-19-8-3-2-4-10-21(19)25-28/h16,20,22H,2-15,17-18H2,1H3/t20-,22+/m0/s1. The fourth-order valence-corrected chi connectivity index (χ4v) is 5.71. The van der Waals surface area contributed by atoms with Crippen molar-refractivity contribution in [2.75, 3.05) is 39.9 Å². The lowest BCUT2D eigenvalue weighted by Gasteiger charge is -2.45. The van der Waals surface area contributed by atoms with Crippen LogP contribution in [0.1, 0.15) is 62.6 Å². The van der Waals surface area contributed by atoms with Gasteiger partial charge in [0, 0.05) is 32.3 Å². The summed E-state index contributed by atoms with van der Waals surface area (Å²) in [6, 6.07) is 2.30. The van der Waals surface area contributed by atoms with Crippen LogP contribution in [0, 0.1) is 5.92 Å². The molecule has 0 N–H and O–H groups in total. The highest BCUT2D eigenvalue weighted by Gasteiger charge is 2.34. The SMILES string of the molecule is COCCN(C[C@@H]1CCCN2CCCC[C@H]12)C(=O)Cn1nc2c(cc1=O)CCCCC2. The van der Waals surface area contributed by atoms with Crippen LogP contribution in [0.25, 0.3) is 0 Å². The van der Waals surface area contributed by atoms with Crippen molar-refractivity contribution >= 4 is 5.91 Å². The topological polar surface area (TPSA) is 67.7 Å². The summed E-state index contributed by atoms with van der Waals surface area (Å²) < 4.78 is 6.68. The number of hydrogen-bond acceptors (Lipinski definition) is 5. The maximum Gasteiger partial charge on any atom is 0.267 e. The minimum Gasteiger partial charge on any atom is -0.383 e. The van der Waals surface area contributed by atoms with E-state index in [1.165, 1.54) is 56.3 Å². The number of hydrogen-bond donors (Lipinski definition) is 0. The van der Waals surface area contributed by atoms with Crippen LogP contribution >= 0.6 is 0 Å². The van der Waals surface area contributed by atoms with Crippen LogP contribution in [0.15, 0.2) is 10.9 Å². The summed E-state index contributed by atoms with van der Waals surface area (Å²) in [5, 5.41) is 4.61. The molecular formula is C24H38N4O3. The number of aromatic nitrogens is 2. The Balaban J connectivity index is 1.47. The summed E-state index contributed by atoms with van der Waals surface area (Å²) >= 11 is 0. The third kappa shape index (κ3) is 5.55. The second-order valence-electron chi connectivity index (χ2n) is 9.51. The Hall–Kier alpha value is -1.73. The Labute approximate surface area is 185 Å². The van der Waals surface area contributed by atoms with Gasteiger partial charge in [0.25, 0.3) is 5.56 Å². The number of piperidine rings is 2. The zero-order chi connectivity index (χ0) is 21.6. The minimum absolute atomic E-state index is 0.0202. The van der Waals surface area contributed by atoms with Gasteiger partial charge in [-0.2, -0.15) is 5.10 Å². The highest BCUT2D eigenvalue weighted by molar-refractivity contribution is 5.75. The molecule has 0 unspecified atom stereocenters. The molecule has 0 bridgehead atoms. The fraction of sp³-hybridized carbons (Fsp3) is 0.792. The van der Waals surface area contributed by atoms with E-state index in [0.717, 1.165) is 43.5 Å². The quantitative estimate of drug-likeness (QED) is 0.621. The van der Waals surface area contributed by atoms with Crippen molar-refractivity contribution in [3.05, 3.63) is 27.7 Å². The number of carbonyl (C=O) groups excluding carboxylic acids is 1. The predicted molar refractivity (Wildman–Crippen MR) is 120 cm³/mol. The third-order valence-electron chi connectivity index (χ3n) is 7.41. The Kier molecular flexibility index (Phi) is 7.77. The van der Waals surface area contributed by atoms with Gasteiger partial charge in [-0.05, 0) is 75.9 Å².